The van der Waals surface area contributed by atoms with Crippen LogP contribution in [0.1, 0.15) is 19.8 Å². The van der Waals surface area contributed by atoms with E-state index < -0.39 is 0 Å². The molecule has 2 rings (SSSR count). The summed E-state index contributed by atoms with van der Waals surface area (Å²) in [5.74, 6) is -0.149. The van der Waals surface area contributed by atoms with Crippen LogP contribution in [0.15, 0.2) is 36.0 Å². The summed E-state index contributed by atoms with van der Waals surface area (Å²) in [5.41, 5.74) is 1.84. The lowest BCUT2D eigenvalue weighted by Gasteiger charge is -2.33. The van der Waals surface area contributed by atoms with Gasteiger partial charge in [-0.1, -0.05) is 12.1 Å². The van der Waals surface area contributed by atoms with E-state index in [-0.39, 0.29) is 17.5 Å². The number of esters is 1. The number of allylic oxidation sites excluding steroid dienone is 1. The molecule has 6 nitrogen and oxygen atoms in total. The molecule has 1 aromatic rings. The number of carbonyl (C=O) groups excluding carboxylic acids is 1. The van der Waals surface area contributed by atoms with Gasteiger partial charge in [0.15, 0.2) is 0 Å². The monoisotopic (exact) mass is 324 g/mol. The van der Waals surface area contributed by atoms with Gasteiger partial charge in [-0.3, -0.25) is 4.79 Å². The van der Waals surface area contributed by atoms with Crippen LogP contribution in [0.5, 0.6) is 0 Å². The molecule has 1 aliphatic heterocycles. The van der Waals surface area contributed by atoms with Crippen molar-refractivity contribution in [2.45, 2.75) is 19.8 Å². The number of anilines is 2. The van der Waals surface area contributed by atoms with Crippen LogP contribution >= 0.6 is 0 Å². The van der Waals surface area contributed by atoms with Gasteiger partial charge >= 0.3 is 5.97 Å². The topological polar surface area (TPSA) is 89.2 Å². The Kier molecular flexibility index (Phi) is 6.22. The Morgan fingerprint density at radius 1 is 1.33 bits per heavy atom. The van der Waals surface area contributed by atoms with E-state index in [1.54, 1.807) is 0 Å². The van der Waals surface area contributed by atoms with E-state index in [9.17, 15) is 4.79 Å². The highest BCUT2D eigenvalue weighted by Gasteiger charge is 2.26. The molecule has 1 fully saturated rings. The average Bonchev–Trinajstić information content (AvgIpc) is 2.63. The van der Waals surface area contributed by atoms with E-state index in [1.807, 2.05) is 43.3 Å². The van der Waals surface area contributed by atoms with Crippen LogP contribution in [-0.2, 0) is 9.53 Å². The summed E-state index contributed by atoms with van der Waals surface area (Å²) >= 11 is 0. The smallest absolute Gasteiger partial charge is 0.309 e. The third kappa shape index (κ3) is 4.27. The minimum absolute atomic E-state index is 0.0193. The highest BCUT2D eigenvalue weighted by molar-refractivity contribution is 5.74. The number of hydrogen-bond acceptors (Lipinski definition) is 6. The fraction of sp³-hybridized carbons (Fsp3) is 0.389. The second-order valence-electron chi connectivity index (χ2n) is 5.46. The zero-order valence-electron chi connectivity index (χ0n) is 13.7. The summed E-state index contributed by atoms with van der Waals surface area (Å²) < 4.78 is 5.10. The third-order valence-corrected chi connectivity index (χ3v) is 3.97. The van der Waals surface area contributed by atoms with Gasteiger partial charge < -0.3 is 15.0 Å². The van der Waals surface area contributed by atoms with E-state index in [0.29, 0.717) is 6.61 Å². The normalized spacial score (nSPS) is 14.2. The standard InChI is InChI=1S/C18H20N4O2/c1-2-24-18(23)15-7-9-22(10-8-15)17-6-4-3-5-16(17)21-13-14(11-19)12-20/h3-6,13,15,21H,2,7-10H2,1H3. The molecule has 0 spiro atoms. The lowest BCUT2D eigenvalue weighted by molar-refractivity contribution is -0.148. The summed E-state index contributed by atoms with van der Waals surface area (Å²) in [6.45, 7) is 3.75. The van der Waals surface area contributed by atoms with E-state index >= 15 is 0 Å². The minimum Gasteiger partial charge on any atom is -0.466 e. The van der Waals surface area contributed by atoms with Crippen LogP contribution in [0, 0.1) is 28.6 Å². The van der Waals surface area contributed by atoms with Crippen molar-refractivity contribution in [2.75, 3.05) is 29.9 Å². The van der Waals surface area contributed by atoms with E-state index in [4.69, 9.17) is 15.3 Å². The molecule has 0 unspecified atom stereocenters. The zero-order chi connectivity index (χ0) is 17.4. The van der Waals surface area contributed by atoms with Gasteiger partial charge in [0.2, 0.25) is 0 Å². The average molecular weight is 324 g/mol. The lowest BCUT2D eigenvalue weighted by atomic mass is 9.96. The number of rotatable bonds is 5. The molecule has 1 heterocycles. The van der Waals surface area contributed by atoms with Crippen molar-refractivity contribution in [2.24, 2.45) is 5.92 Å². The van der Waals surface area contributed by atoms with Gasteiger partial charge in [0, 0.05) is 19.3 Å². The van der Waals surface area contributed by atoms with E-state index in [0.717, 1.165) is 37.3 Å². The van der Waals surface area contributed by atoms with E-state index in [2.05, 4.69) is 10.2 Å². The molecule has 0 aliphatic carbocycles. The van der Waals surface area contributed by atoms with Gasteiger partial charge in [-0.2, -0.15) is 10.5 Å². The number of nitriles is 2. The number of benzene rings is 1. The molecule has 1 N–H and O–H groups in total. The van der Waals surface area contributed by atoms with Crippen LogP contribution in [0.2, 0.25) is 0 Å². The fourth-order valence-corrected chi connectivity index (χ4v) is 2.73. The Bertz CT molecular complexity index is 676. The largest absolute Gasteiger partial charge is 0.466 e. The zero-order valence-corrected chi connectivity index (χ0v) is 13.7. The summed E-state index contributed by atoms with van der Waals surface area (Å²) in [4.78, 5) is 14.0. The number of nitrogens with zero attached hydrogens (tertiary/aromatic N) is 3. The molecular formula is C18H20N4O2. The van der Waals surface area contributed by atoms with Crippen LogP contribution in [0.4, 0.5) is 11.4 Å². The van der Waals surface area contributed by atoms with Crippen molar-refractivity contribution in [1.82, 2.24) is 0 Å². The first-order chi connectivity index (χ1) is 11.7. The number of hydrogen-bond donors (Lipinski definition) is 1. The molecule has 0 atom stereocenters. The van der Waals surface area contributed by atoms with Crippen molar-refractivity contribution in [3.63, 3.8) is 0 Å². The maximum Gasteiger partial charge on any atom is 0.309 e. The van der Waals surface area contributed by atoms with Crippen molar-refractivity contribution >= 4 is 17.3 Å². The van der Waals surface area contributed by atoms with Crippen molar-refractivity contribution in [3.05, 3.63) is 36.0 Å². The Balaban J connectivity index is 2.06. The first kappa shape index (κ1) is 17.4. The number of ether oxygens (including phenoxy) is 1. The Morgan fingerprint density at radius 2 is 2.00 bits per heavy atom. The van der Waals surface area contributed by atoms with Crippen LogP contribution < -0.4 is 10.2 Å². The molecule has 124 valence electrons. The highest BCUT2D eigenvalue weighted by atomic mass is 16.5. The molecule has 6 heteroatoms. The van der Waals surface area contributed by atoms with E-state index in [1.165, 1.54) is 6.20 Å². The van der Waals surface area contributed by atoms with Gasteiger partial charge in [0.25, 0.3) is 0 Å². The highest BCUT2D eigenvalue weighted by Crippen LogP contribution is 2.30. The van der Waals surface area contributed by atoms with Crippen molar-refractivity contribution in [1.29, 1.82) is 10.5 Å². The van der Waals surface area contributed by atoms with Crippen LogP contribution in [0.25, 0.3) is 0 Å². The molecular weight excluding hydrogens is 304 g/mol. The Hall–Kier alpha value is -2.99. The molecule has 0 amide bonds. The predicted octanol–water partition coefficient (Wildman–Crippen LogP) is 2.81. The number of carbonyl (C=O) groups is 1. The fourth-order valence-electron chi connectivity index (χ4n) is 2.73. The molecule has 24 heavy (non-hydrogen) atoms. The second kappa shape index (κ2) is 8.59. The summed E-state index contributed by atoms with van der Waals surface area (Å²) in [6, 6.07) is 11.4. The van der Waals surface area contributed by atoms with Gasteiger partial charge in [-0.05, 0) is 31.9 Å². The second-order valence-corrected chi connectivity index (χ2v) is 5.46. The maximum absolute atomic E-state index is 11.8. The summed E-state index contributed by atoms with van der Waals surface area (Å²) in [5, 5.41) is 20.7. The lowest BCUT2D eigenvalue weighted by Crippen LogP contribution is -2.37. The Morgan fingerprint density at radius 3 is 2.62 bits per heavy atom. The first-order valence-electron chi connectivity index (χ1n) is 7.97. The molecule has 0 bridgehead atoms. The molecule has 0 radical (unpaired) electrons. The molecule has 0 saturated carbocycles. The van der Waals surface area contributed by atoms with Crippen LogP contribution in [-0.4, -0.2) is 25.7 Å². The van der Waals surface area contributed by atoms with Crippen LogP contribution in [0.3, 0.4) is 0 Å². The van der Waals surface area contributed by atoms with Gasteiger partial charge in [0.05, 0.1) is 23.9 Å². The number of nitrogens with one attached hydrogen (secondary N) is 1. The van der Waals surface area contributed by atoms with Crippen molar-refractivity contribution < 1.29 is 9.53 Å². The molecule has 1 aliphatic rings. The van der Waals surface area contributed by atoms with Gasteiger partial charge in [-0.15, -0.1) is 0 Å². The van der Waals surface area contributed by atoms with Crippen molar-refractivity contribution in [3.8, 4) is 12.1 Å². The minimum atomic E-state index is -0.112. The maximum atomic E-state index is 11.8. The van der Waals surface area contributed by atoms with Gasteiger partial charge in [-0.25, -0.2) is 0 Å². The first-order valence-corrected chi connectivity index (χ1v) is 7.97. The Labute approximate surface area is 141 Å². The summed E-state index contributed by atoms with van der Waals surface area (Å²) in [7, 11) is 0. The summed E-state index contributed by atoms with van der Waals surface area (Å²) in [6.07, 6.45) is 2.92. The third-order valence-electron chi connectivity index (χ3n) is 3.97. The molecule has 1 saturated heterocycles. The van der Waals surface area contributed by atoms with Gasteiger partial charge in [0.1, 0.15) is 17.7 Å². The quantitative estimate of drug-likeness (QED) is 0.662. The SMILES string of the molecule is CCOC(=O)C1CCN(c2ccccc2NC=C(C#N)C#N)CC1. The molecule has 0 aromatic heterocycles. The predicted molar refractivity (Wildman–Crippen MR) is 90.9 cm³/mol. The molecule has 1 aromatic carbocycles. The number of para-hydroxylation sites is 2. The number of piperidine rings is 1.